The molecule has 16 nitrogen and oxygen atoms in total. The van der Waals surface area contributed by atoms with Gasteiger partial charge in [-0.1, -0.05) is 12.2 Å². The second kappa shape index (κ2) is 22.1. The molecule has 0 unspecified atom stereocenters. The number of anilines is 4. The number of allylic oxidation sites excluding steroid dienone is 2. The molecule has 0 spiro atoms. The van der Waals surface area contributed by atoms with Crippen LogP contribution in [0.4, 0.5) is 22.7 Å². The van der Waals surface area contributed by atoms with Gasteiger partial charge >= 0.3 is 0 Å². The molecular formula is C37H46N6O10. The van der Waals surface area contributed by atoms with Crippen LogP contribution in [0.3, 0.4) is 0 Å². The van der Waals surface area contributed by atoms with Crippen LogP contribution in [0, 0.1) is 19.3 Å². The van der Waals surface area contributed by atoms with Crippen molar-refractivity contribution in [1.82, 2.24) is 9.97 Å². The monoisotopic (exact) mass is 734 g/mol. The molecule has 4 rings (SSSR count). The average molecular weight is 735 g/mol. The highest BCUT2D eigenvalue weighted by atomic mass is 16.4. The number of benzene rings is 2. The number of rotatable bonds is 8. The fraction of sp³-hybridized carbons (Fsp3) is 0.243. The lowest BCUT2D eigenvalue weighted by molar-refractivity contribution is -0.137. The van der Waals surface area contributed by atoms with Crippen LogP contribution in [0.2, 0.25) is 0 Å². The molecular weight excluding hydrogens is 688 g/mol. The van der Waals surface area contributed by atoms with Crippen LogP contribution >= 0.6 is 0 Å². The topological polar surface area (TPSA) is 285 Å². The van der Waals surface area contributed by atoms with E-state index in [0.717, 1.165) is 50.1 Å². The summed E-state index contributed by atoms with van der Waals surface area (Å²) in [5.74, 6) is -4.30. The third kappa shape index (κ3) is 16.6. The number of carbonyl (C=O) groups is 6. The van der Waals surface area contributed by atoms with Gasteiger partial charge in [-0.25, -0.2) is 0 Å². The number of nitrogens with two attached hydrogens (primary N) is 2. The molecule has 0 bridgehead atoms. The first-order valence-electron chi connectivity index (χ1n) is 15.6. The number of hydrogen-bond acceptors (Lipinski definition) is 10. The maximum Gasteiger partial charge on any atom is 0.300 e. The van der Waals surface area contributed by atoms with E-state index in [2.05, 4.69) is 33.8 Å². The molecule has 2 aromatic carbocycles. The Balaban J connectivity index is 0.00000143. The van der Waals surface area contributed by atoms with Crippen molar-refractivity contribution in [2.45, 2.75) is 54.4 Å². The van der Waals surface area contributed by atoms with E-state index >= 15 is 0 Å². The van der Waals surface area contributed by atoms with E-state index in [-0.39, 0.29) is 12.8 Å². The maximum atomic E-state index is 13.7. The molecule has 16 heteroatoms. The Kier molecular flexibility index (Phi) is 19.2. The highest BCUT2D eigenvalue weighted by molar-refractivity contribution is 6.15. The molecule has 0 radical (unpaired) electrons. The lowest BCUT2D eigenvalue weighted by Gasteiger charge is -2.29. The summed E-state index contributed by atoms with van der Waals surface area (Å²) in [6.07, 6.45) is 3.31. The zero-order valence-electron chi connectivity index (χ0n) is 30.4. The van der Waals surface area contributed by atoms with Gasteiger partial charge in [0, 0.05) is 72.6 Å². The smallest absolute Gasteiger partial charge is 0.300 e. The standard InChI is InChI=1S/C29H30N6O2.4C2H4O2/c1-5-11-29(12-6-2,27(36)34-19-7-9-25-21(15-19)23(30)13-17(3)32-25)28(37)35-20-8-10-26-22(16-20)24(31)14-18(4)33-26;4*1-2(3)4/h5-10,13-16H,1-2,11-12H2,3-4H3,(H2,30,32)(H2,31,33)(H,34,36)(H,35,37);4*1H3,(H,3,4). The van der Waals surface area contributed by atoms with Gasteiger partial charge in [0.15, 0.2) is 0 Å². The van der Waals surface area contributed by atoms with Crippen LogP contribution in [-0.4, -0.2) is 66.1 Å². The molecule has 0 aliphatic rings. The number of pyridine rings is 2. The molecule has 2 aromatic heterocycles. The predicted octanol–water partition coefficient (Wildman–Crippen LogP) is 5.64. The number of nitrogens with zero attached hydrogens (tertiary/aromatic N) is 2. The molecule has 284 valence electrons. The first-order chi connectivity index (χ1) is 24.6. The molecule has 0 saturated heterocycles. The third-order valence-electron chi connectivity index (χ3n) is 6.31. The Morgan fingerprint density at radius 1 is 0.623 bits per heavy atom. The number of amides is 2. The number of aliphatic carboxylic acids is 4. The van der Waals surface area contributed by atoms with Crippen molar-refractivity contribution in [2.24, 2.45) is 5.41 Å². The molecule has 10 N–H and O–H groups in total. The molecule has 0 aliphatic carbocycles. The summed E-state index contributed by atoms with van der Waals surface area (Å²) in [5, 5.41) is 36.9. The Morgan fingerprint density at radius 3 is 1.17 bits per heavy atom. The van der Waals surface area contributed by atoms with Gasteiger partial charge in [-0.3, -0.25) is 38.7 Å². The Bertz CT molecular complexity index is 1800. The van der Waals surface area contributed by atoms with Gasteiger partial charge in [-0.05, 0) is 75.2 Å². The molecule has 2 amide bonds. The number of carboxylic acids is 4. The number of aromatic nitrogens is 2. The zero-order chi connectivity index (χ0) is 41.1. The second-order valence-electron chi connectivity index (χ2n) is 11.2. The summed E-state index contributed by atoms with van der Waals surface area (Å²) in [6.45, 7) is 15.6. The fourth-order valence-electron chi connectivity index (χ4n) is 4.49. The molecule has 2 heterocycles. The van der Waals surface area contributed by atoms with Gasteiger partial charge in [0.2, 0.25) is 11.8 Å². The third-order valence-corrected chi connectivity index (χ3v) is 6.31. The van der Waals surface area contributed by atoms with E-state index in [1.165, 1.54) is 0 Å². The fourth-order valence-corrected chi connectivity index (χ4v) is 4.49. The van der Waals surface area contributed by atoms with Gasteiger partial charge in [0.25, 0.3) is 23.9 Å². The van der Waals surface area contributed by atoms with E-state index < -0.39 is 41.1 Å². The predicted molar refractivity (Wildman–Crippen MR) is 204 cm³/mol. The number of nitrogens with one attached hydrogen (secondary N) is 2. The number of nitrogen functional groups attached to an aromatic ring is 2. The lowest BCUT2D eigenvalue weighted by Crippen LogP contribution is -2.45. The van der Waals surface area contributed by atoms with Crippen LogP contribution in [0.5, 0.6) is 0 Å². The summed E-state index contributed by atoms with van der Waals surface area (Å²) in [7, 11) is 0. The summed E-state index contributed by atoms with van der Waals surface area (Å²) < 4.78 is 0. The summed E-state index contributed by atoms with van der Waals surface area (Å²) in [4.78, 5) is 72.3. The van der Waals surface area contributed by atoms with Crippen LogP contribution in [-0.2, 0) is 28.8 Å². The number of carbonyl (C=O) groups excluding carboxylic acids is 2. The van der Waals surface area contributed by atoms with Gasteiger partial charge in [0.05, 0.1) is 11.0 Å². The molecule has 0 atom stereocenters. The van der Waals surface area contributed by atoms with Crippen molar-refractivity contribution in [3.8, 4) is 0 Å². The van der Waals surface area contributed by atoms with Crippen LogP contribution in [0.1, 0.15) is 51.9 Å². The van der Waals surface area contributed by atoms with Gasteiger partial charge in [0.1, 0.15) is 5.41 Å². The average Bonchev–Trinajstić information content (AvgIpc) is 3.00. The molecule has 0 fully saturated rings. The van der Waals surface area contributed by atoms with E-state index in [1.807, 2.05) is 13.8 Å². The summed E-state index contributed by atoms with van der Waals surface area (Å²) in [6, 6.07) is 14.1. The normalized spacial score (nSPS) is 9.77. The highest BCUT2D eigenvalue weighted by Crippen LogP contribution is 2.34. The van der Waals surface area contributed by atoms with Crippen molar-refractivity contribution in [3.05, 3.63) is 85.2 Å². The van der Waals surface area contributed by atoms with E-state index in [0.29, 0.717) is 33.5 Å². The minimum Gasteiger partial charge on any atom is -0.481 e. The number of aryl methyl sites for hydroxylation is 2. The van der Waals surface area contributed by atoms with Crippen molar-refractivity contribution in [3.63, 3.8) is 0 Å². The largest absolute Gasteiger partial charge is 0.481 e. The van der Waals surface area contributed by atoms with Gasteiger partial charge in [-0.2, -0.15) is 0 Å². The van der Waals surface area contributed by atoms with E-state index in [1.54, 1.807) is 60.7 Å². The minimum atomic E-state index is -1.48. The first kappa shape index (κ1) is 46.2. The van der Waals surface area contributed by atoms with Crippen molar-refractivity contribution >= 4 is 80.2 Å². The SMILES string of the molecule is C=CCC(CC=C)(C(=O)Nc1ccc2nc(C)cc(N)c2c1)C(=O)Nc1ccc2nc(C)cc(N)c2c1.CC(=O)O.CC(=O)O.CC(=O)O.CC(=O)O. The Morgan fingerprint density at radius 2 is 0.906 bits per heavy atom. The molecule has 53 heavy (non-hydrogen) atoms. The molecule has 0 aliphatic heterocycles. The van der Waals surface area contributed by atoms with E-state index in [4.69, 9.17) is 51.1 Å². The van der Waals surface area contributed by atoms with Gasteiger partial charge in [-0.15, -0.1) is 13.2 Å². The second-order valence-corrected chi connectivity index (χ2v) is 11.2. The summed E-state index contributed by atoms with van der Waals surface area (Å²) in [5.41, 5.74) is 16.0. The number of fused-ring (bicyclic) bond motifs is 2. The molecule has 4 aromatic rings. The van der Waals surface area contributed by atoms with E-state index in [9.17, 15) is 9.59 Å². The van der Waals surface area contributed by atoms with Crippen molar-refractivity contribution in [2.75, 3.05) is 22.1 Å². The first-order valence-corrected chi connectivity index (χ1v) is 15.6. The minimum absolute atomic E-state index is 0.101. The zero-order valence-corrected chi connectivity index (χ0v) is 30.4. The van der Waals surface area contributed by atoms with Gasteiger partial charge < -0.3 is 42.5 Å². The highest BCUT2D eigenvalue weighted by Gasteiger charge is 2.44. The Hall–Kier alpha value is -6.84. The number of hydrogen-bond donors (Lipinski definition) is 8. The van der Waals surface area contributed by atoms with Crippen molar-refractivity contribution < 1.29 is 49.2 Å². The lowest BCUT2D eigenvalue weighted by atomic mass is 9.78. The van der Waals surface area contributed by atoms with Crippen LogP contribution in [0.25, 0.3) is 21.8 Å². The van der Waals surface area contributed by atoms with Crippen molar-refractivity contribution in [1.29, 1.82) is 0 Å². The maximum absolute atomic E-state index is 13.7. The summed E-state index contributed by atoms with van der Waals surface area (Å²) >= 11 is 0. The van der Waals surface area contributed by atoms with Crippen LogP contribution in [0.15, 0.2) is 73.8 Å². The quantitative estimate of drug-likeness (QED) is 0.0803. The Labute approximate surface area is 306 Å². The molecule has 0 saturated carbocycles. The van der Waals surface area contributed by atoms with Crippen LogP contribution < -0.4 is 22.1 Å². The number of carboxylic acid groups (broad SMARTS) is 4.